The smallest absolute Gasteiger partial charge is 0.350 e. The molecule has 1 amide bonds. The zero-order chi connectivity index (χ0) is 13.7. The van der Waals surface area contributed by atoms with Crippen LogP contribution in [0.25, 0.3) is 0 Å². The fourth-order valence-corrected chi connectivity index (χ4v) is 2.40. The predicted molar refractivity (Wildman–Crippen MR) is 74.4 cm³/mol. The number of hydrogen-bond donors (Lipinski definition) is 1. The van der Waals surface area contributed by atoms with Gasteiger partial charge in [0, 0.05) is 0 Å². The van der Waals surface area contributed by atoms with Crippen LogP contribution >= 0.6 is 11.3 Å². The molecule has 2 aromatic rings. The molecule has 19 heavy (non-hydrogen) atoms. The maximum Gasteiger partial charge on any atom is 0.350 e. The lowest BCUT2D eigenvalue weighted by atomic mass is 10.1. The van der Waals surface area contributed by atoms with Gasteiger partial charge in [0.15, 0.2) is 0 Å². The van der Waals surface area contributed by atoms with Crippen LogP contribution in [0.5, 0.6) is 0 Å². The second-order valence-electron chi connectivity index (χ2n) is 3.87. The molecular weight excluding hydrogens is 262 g/mol. The standard InChI is InChI=1S/C14H13NO3S/c1-18-14(17)13-11(7-8-19-13)15-12(16)9-10-5-3-2-4-6-10/h2-8H,9H2,1H3,(H,15,16). The molecule has 0 bridgehead atoms. The highest BCUT2D eigenvalue weighted by atomic mass is 32.1. The molecule has 0 fully saturated rings. The number of thiophene rings is 1. The molecule has 98 valence electrons. The van der Waals surface area contributed by atoms with Crippen LogP contribution < -0.4 is 5.32 Å². The lowest BCUT2D eigenvalue weighted by molar-refractivity contribution is -0.115. The van der Waals surface area contributed by atoms with Gasteiger partial charge in [-0.15, -0.1) is 11.3 Å². The van der Waals surface area contributed by atoms with Crippen molar-refractivity contribution in [2.24, 2.45) is 0 Å². The number of amides is 1. The fraction of sp³-hybridized carbons (Fsp3) is 0.143. The molecule has 5 heteroatoms. The molecule has 0 aliphatic heterocycles. The second-order valence-corrected chi connectivity index (χ2v) is 4.78. The Labute approximate surface area is 115 Å². The summed E-state index contributed by atoms with van der Waals surface area (Å²) in [7, 11) is 1.32. The van der Waals surface area contributed by atoms with Crippen molar-refractivity contribution in [1.82, 2.24) is 0 Å². The highest BCUT2D eigenvalue weighted by molar-refractivity contribution is 7.12. The predicted octanol–water partition coefficient (Wildman–Crippen LogP) is 2.72. The first-order chi connectivity index (χ1) is 9.20. The first-order valence-corrected chi connectivity index (χ1v) is 6.58. The van der Waals surface area contributed by atoms with E-state index in [2.05, 4.69) is 10.1 Å². The maximum atomic E-state index is 11.9. The van der Waals surface area contributed by atoms with Crippen LogP contribution in [0.2, 0.25) is 0 Å². The molecule has 1 aromatic heterocycles. The SMILES string of the molecule is COC(=O)c1sccc1NC(=O)Cc1ccccc1. The Morgan fingerprint density at radius 1 is 1.21 bits per heavy atom. The summed E-state index contributed by atoms with van der Waals surface area (Å²) in [6.45, 7) is 0. The van der Waals surface area contributed by atoms with Crippen LogP contribution in [0, 0.1) is 0 Å². The first-order valence-electron chi connectivity index (χ1n) is 5.70. The Bertz CT molecular complexity index is 577. The highest BCUT2D eigenvalue weighted by Gasteiger charge is 2.15. The normalized spacial score (nSPS) is 9.95. The number of esters is 1. The van der Waals surface area contributed by atoms with Crippen LogP contribution in [0.1, 0.15) is 15.2 Å². The zero-order valence-corrected chi connectivity index (χ0v) is 11.2. The first kappa shape index (κ1) is 13.3. The third kappa shape index (κ3) is 3.42. The molecule has 0 aliphatic carbocycles. The minimum atomic E-state index is -0.440. The molecule has 4 nitrogen and oxygen atoms in total. The number of carbonyl (C=O) groups excluding carboxylic acids is 2. The van der Waals surface area contributed by atoms with Crippen molar-refractivity contribution in [3.63, 3.8) is 0 Å². The van der Waals surface area contributed by atoms with E-state index in [4.69, 9.17) is 0 Å². The average molecular weight is 275 g/mol. The van der Waals surface area contributed by atoms with Gasteiger partial charge in [-0.05, 0) is 17.0 Å². The van der Waals surface area contributed by atoms with E-state index in [0.717, 1.165) is 5.56 Å². The minimum Gasteiger partial charge on any atom is -0.465 e. The monoisotopic (exact) mass is 275 g/mol. The van der Waals surface area contributed by atoms with Crippen molar-refractivity contribution in [3.05, 3.63) is 52.2 Å². The number of nitrogens with one attached hydrogen (secondary N) is 1. The summed E-state index contributed by atoms with van der Waals surface area (Å²) >= 11 is 1.24. The largest absolute Gasteiger partial charge is 0.465 e. The van der Waals surface area contributed by atoms with E-state index in [0.29, 0.717) is 10.6 Å². The van der Waals surface area contributed by atoms with Gasteiger partial charge in [0.25, 0.3) is 0 Å². The molecule has 0 aliphatic rings. The van der Waals surface area contributed by atoms with E-state index in [-0.39, 0.29) is 12.3 Å². The molecule has 0 saturated carbocycles. The van der Waals surface area contributed by atoms with Crippen molar-refractivity contribution in [2.75, 3.05) is 12.4 Å². The van der Waals surface area contributed by atoms with Crippen molar-refractivity contribution >= 4 is 28.9 Å². The molecule has 0 saturated heterocycles. The van der Waals surface area contributed by atoms with Gasteiger partial charge in [0.2, 0.25) is 5.91 Å². The second kappa shape index (κ2) is 6.15. The Morgan fingerprint density at radius 2 is 1.95 bits per heavy atom. The van der Waals surface area contributed by atoms with Crippen molar-refractivity contribution in [2.45, 2.75) is 6.42 Å². The van der Waals surface area contributed by atoms with Gasteiger partial charge >= 0.3 is 5.97 Å². The van der Waals surface area contributed by atoms with Crippen molar-refractivity contribution in [3.8, 4) is 0 Å². The van der Waals surface area contributed by atoms with E-state index in [9.17, 15) is 9.59 Å². The molecule has 1 aromatic carbocycles. The molecular formula is C14H13NO3S. The van der Waals surface area contributed by atoms with Crippen LogP contribution in [0.3, 0.4) is 0 Å². The maximum absolute atomic E-state index is 11.9. The highest BCUT2D eigenvalue weighted by Crippen LogP contribution is 2.23. The van der Waals surface area contributed by atoms with Crippen LogP contribution in [-0.2, 0) is 16.0 Å². The quantitative estimate of drug-likeness (QED) is 0.873. The molecule has 1 heterocycles. The number of rotatable bonds is 4. The molecule has 2 rings (SSSR count). The number of benzene rings is 1. The van der Waals surface area contributed by atoms with Crippen molar-refractivity contribution < 1.29 is 14.3 Å². The molecule has 0 unspecified atom stereocenters. The number of carbonyl (C=O) groups is 2. The van der Waals surface area contributed by atoms with E-state index >= 15 is 0 Å². The van der Waals surface area contributed by atoms with Gasteiger partial charge < -0.3 is 10.1 Å². The van der Waals surface area contributed by atoms with Gasteiger partial charge in [-0.1, -0.05) is 30.3 Å². The summed E-state index contributed by atoms with van der Waals surface area (Å²) in [5.41, 5.74) is 1.42. The molecule has 0 radical (unpaired) electrons. The zero-order valence-electron chi connectivity index (χ0n) is 10.4. The third-order valence-electron chi connectivity index (χ3n) is 2.52. The van der Waals surface area contributed by atoms with Gasteiger partial charge in [0.05, 0.1) is 19.2 Å². The van der Waals surface area contributed by atoms with Gasteiger partial charge in [-0.25, -0.2) is 4.79 Å². The van der Waals surface area contributed by atoms with Crippen molar-refractivity contribution in [1.29, 1.82) is 0 Å². The minimum absolute atomic E-state index is 0.158. The van der Waals surface area contributed by atoms with E-state index in [1.165, 1.54) is 18.4 Å². The molecule has 1 N–H and O–H groups in total. The Balaban J connectivity index is 2.04. The number of methoxy groups -OCH3 is 1. The van der Waals surface area contributed by atoms with Gasteiger partial charge in [-0.2, -0.15) is 0 Å². The van der Waals surface area contributed by atoms with Crippen LogP contribution in [0.4, 0.5) is 5.69 Å². The van der Waals surface area contributed by atoms with Gasteiger partial charge in [0.1, 0.15) is 4.88 Å². The summed E-state index contributed by atoms with van der Waals surface area (Å²) in [4.78, 5) is 23.8. The Kier molecular flexibility index (Phi) is 4.30. The van der Waals surface area contributed by atoms with E-state index in [1.54, 1.807) is 11.4 Å². The van der Waals surface area contributed by atoms with E-state index in [1.807, 2.05) is 30.3 Å². The topological polar surface area (TPSA) is 55.4 Å². The lowest BCUT2D eigenvalue weighted by Gasteiger charge is -2.05. The average Bonchev–Trinajstić information content (AvgIpc) is 2.87. The summed E-state index contributed by atoms with van der Waals surface area (Å²) in [5, 5.41) is 4.47. The van der Waals surface area contributed by atoms with Crippen LogP contribution in [0.15, 0.2) is 41.8 Å². The lowest BCUT2D eigenvalue weighted by Crippen LogP contribution is -2.15. The van der Waals surface area contributed by atoms with Gasteiger partial charge in [-0.3, -0.25) is 4.79 Å². The number of hydrogen-bond acceptors (Lipinski definition) is 4. The number of anilines is 1. The fourth-order valence-electron chi connectivity index (χ4n) is 1.63. The number of ether oxygens (including phenoxy) is 1. The van der Waals surface area contributed by atoms with E-state index < -0.39 is 5.97 Å². The molecule has 0 spiro atoms. The summed E-state index contributed by atoms with van der Waals surface area (Å²) in [5.74, 6) is -0.597. The summed E-state index contributed by atoms with van der Waals surface area (Å²) in [6, 6.07) is 11.1. The summed E-state index contributed by atoms with van der Waals surface area (Å²) in [6.07, 6.45) is 0.275. The summed E-state index contributed by atoms with van der Waals surface area (Å²) < 4.78 is 4.66. The molecule has 0 atom stereocenters. The van der Waals surface area contributed by atoms with Crippen LogP contribution in [-0.4, -0.2) is 19.0 Å². The third-order valence-corrected chi connectivity index (χ3v) is 3.41. The Morgan fingerprint density at radius 3 is 2.63 bits per heavy atom. The Hall–Kier alpha value is -2.14.